The molecule has 0 aliphatic carbocycles. The maximum absolute atomic E-state index is 12.9. The van der Waals surface area contributed by atoms with Crippen LogP contribution < -0.4 is 5.32 Å². The third-order valence-corrected chi connectivity index (χ3v) is 7.39. The van der Waals surface area contributed by atoms with Crippen molar-refractivity contribution in [2.75, 3.05) is 25.0 Å². The first-order valence-corrected chi connectivity index (χ1v) is 11.2. The Morgan fingerprint density at radius 2 is 1.62 bits per heavy atom. The molecule has 1 aliphatic heterocycles. The van der Waals surface area contributed by atoms with Crippen molar-refractivity contribution < 1.29 is 13.2 Å². The Kier molecular flexibility index (Phi) is 6.33. The number of hydrogen-bond acceptors (Lipinski definition) is 3. The van der Waals surface area contributed by atoms with Crippen molar-refractivity contribution in [1.29, 1.82) is 0 Å². The van der Waals surface area contributed by atoms with Crippen molar-refractivity contribution in [2.45, 2.75) is 34.2 Å². The zero-order valence-electron chi connectivity index (χ0n) is 17.1. The highest BCUT2D eigenvalue weighted by Crippen LogP contribution is 2.25. The lowest BCUT2D eigenvalue weighted by atomic mass is 10.00. The second-order valence-electron chi connectivity index (χ2n) is 7.58. The van der Waals surface area contributed by atoms with Gasteiger partial charge < -0.3 is 5.32 Å². The molecule has 0 aromatic heterocycles. The predicted molar refractivity (Wildman–Crippen MR) is 116 cm³/mol. The molecule has 2 aromatic rings. The van der Waals surface area contributed by atoms with E-state index in [1.54, 1.807) is 12.1 Å². The minimum atomic E-state index is -3.70. The van der Waals surface area contributed by atoms with Crippen LogP contribution in [0.4, 0.5) is 5.69 Å². The molecule has 0 atom stereocenters. The number of aryl methyl sites for hydroxylation is 4. The fraction of sp³-hybridized carbons (Fsp3) is 0.381. The van der Waals surface area contributed by atoms with E-state index >= 15 is 0 Å². The molecule has 1 saturated heterocycles. The molecule has 156 valence electrons. The molecular weight excluding hydrogens is 410 g/mol. The summed E-state index contributed by atoms with van der Waals surface area (Å²) in [6, 6.07) is 9.41. The maximum atomic E-state index is 12.9. The van der Waals surface area contributed by atoms with Crippen LogP contribution in [0.15, 0.2) is 30.3 Å². The lowest BCUT2D eigenvalue weighted by Gasteiger charge is -2.20. The number of carbonyl (C=O) groups excluding carboxylic acids is 1. The summed E-state index contributed by atoms with van der Waals surface area (Å²) >= 11 is 6.15. The Balaban J connectivity index is 1.69. The van der Waals surface area contributed by atoms with Gasteiger partial charge in [0.15, 0.2) is 0 Å². The third kappa shape index (κ3) is 4.80. The van der Waals surface area contributed by atoms with Crippen molar-refractivity contribution >= 4 is 33.4 Å². The molecule has 0 spiro atoms. The van der Waals surface area contributed by atoms with Crippen molar-refractivity contribution in [2.24, 2.45) is 0 Å². The van der Waals surface area contributed by atoms with Gasteiger partial charge in [-0.15, -0.1) is 0 Å². The van der Waals surface area contributed by atoms with Gasteiger partial charge in [-0.1, -0.05) is 35.4 Å². The van der Waals surface area contributed by atoms with E-state index in [-0.39, 0.29) is 13.1 Å². The fourth-order valence-corrected chi connectivity index (χ4v) is 5.45. The predicted octanol–water partition coefficient (Wildman–Crippen LogP) is 3.57. The number of nitrogens with zero attached hydrogens (tertiary/aromatic N) is 2. The summed E-state index contributed by atoms with van der Waals surface area (Å²) in [5.41, 5.74) is 5.76. The minimum absolute atomic E-state index is 0.241. The molecular formula is C21H26ClN3O3S. The molecule has 2 aromatic carbocycles. The average molecular weight is 436 g/mol. The second-order valence-corrected chi connectivity index (χ2v) is 9.92. The standard InChI is InChI=1S/C21H26ClN3O3S/c1-14-5-6-20(19(22)11-14)23-21(26)13-25-8-7-24(29(25,27)28)12-18-16(3)9-15(2)10-17(18)4/h5-6,9-11H,7-8,12-13H2,1-4H3,(H,23,26). The first kappa shape index (κ1) is 21.8. The molecule has 0 bridgehead atoms. The number of nitrogens with one attached hydrogen (secondary N) is 1. The number of rotatable bonds is 5. The van der Waals surface area contributed by atoms with Crippen LogP contribution in [0.1, 0.15) is 27.8 Å². The first-order chi connectivity index (χ1) is 13.6. The summed E-state index contributed by atoms with van der Waals surface area (Å²) in [5.74, 6) is -0.413. The smallest absolute Gasteiger partial charge is 0.282 e. The molecule has 1 fully saturated rings. The normalized spacial score (nSPS) is 16.9. The van der Waals surface area contributed by atoms with E-state index in [2.05, 4.69) is 17.4 Å². The van der Waals surface area contributed by atoms with Crippen LogP contribution in [0.5, 0.6) is 0 Å². The number of hydrogen-bond donors (Lipinski definition) is 1. The summed E-state index contributed by atoms with van der Waals surface area (Å²) in [5, 5.41) is 3.12. The fourth-order valence-electron chi connectivity index (χ4n) is 3.65. The Hall–Kier alpha value is -1.93. The Morgan fingerprint density at radius 3 is 2.24 bits per heavy atom. The Bertz CT molecular complexity index is 1030. The SMILES string of the molecule is Cc1cc(C)c(CN2CCN(CC(=O)Nc3ccc(C)cc3Cl)S2(=O)=O)c(C)c1. The van der Waals surface area contributed by atoms with E-state index in [1.807, 2.05) is 33.8 Å². The number of carbonyl (C=O) groups is 1. The van der Waals surface area contributed by atoms with Crippen molar-refractivity contribution in [3.63, 3.8) is 0 Å². The van der Waals surface area contributed by atoms with E-state index in [0.29, 0.717) is 23.8 Å². The van der Waals surface area contributed by atoms with Gasteiger partial charge in [0.05, 0.1) is 17.3 Å². The van der Waals surface area contributed by atoms with E-state index < -0.39 is 16.1 Å². The van der Waals surface area contributed by atoms with Gasteiger partial charge in [0, 0.05) is 19.6 Å². The Morgan fingerprint density at radius 1 is 1.00 bits per heavy atom. The van der Waals surface area contributed by atoms with Gasteiger partial charge in [-0.2, -0.15) is 17.0 Å². The molecule has 29 heavy (non-hydrogen) atoms. The van der Waals surface area contributed by atoms with E-state index in [1.165, 1.54) is 8.61 Å². The van der Waals surface area contributed by atoms with Crippen LogP contribution in [-0.2, 0) is 21.5 Å². The largest absolute Gasteiger partial charge is 0.324 e. The number of amides is 1. The van der Waals surface area contributed by atoms with Crippen LogP contribution in [0.25, 0.3) is 0 Å². The lowest BCUT2D eigenvalue weighted by Crippen LogP contribution is -2.38. The lowest BCUT2D eigenvalue weighted by molar-refractivity contribution is -0.116. The zero-order chi connectivity index (χ0) is 21.3. The molecule has 0 unspecified atom stereocenters. The topological polar surface area (TPSA) is 69.7 Å². The summed E-state index contributed by atoms with van der Waals surface area (Å²) in [7, 11) is -3.70. The van der Waals surface area contributed by atoms with Gasteiger partial charge in [0.25, 0.3) is 10.2 Å². The van der Waals surface area contributed by atoms with E-state index in [9.17, 15) is 13.2 Å². The highest BCUT2D eigenvalue weighted by atomic mass is 35.5. The number of benzene rings is 2. The molecule has 1 heterocycles. The second kappa shape index (κ2) is 8.44. The maximum Gasteiger partial charge on any atom is 0.282 e. The van der Waals surface area contributed by atoms with Crippen molar-refractivity contribution in [3.8, 4) is 0 Å². The molecule has 0 radical (unpaired) electrons. The van der Waals surface area contributed by atoms with Crippen LogP contribution in [0, 0.1) is 27.7 Å². The van der Waals surface area contributed by atoms with Crippen molar-refractivity contribution in [3.05, 3.63) is 63.2 Å². The van der Waals surface area contributed by atoms with Gasteiger partial charge in [0.2, 0.25) is 5.91 Å². The molecule has 0 saturated carbocycles. The van der Waals surface area contributed by atoms with Crippen LogP contribution in [0.3, 0.4) is 0 Å². The van der Waals surface area contributed by atoms with E-state index in [0.717, 1.165) is 27.8 Å². The molecule has 3 rings (SSSR count). The number of anilines is 1. The first-order valence-electron chi connectivity index (χ1n) is 9.46. The van der Waals surface area contributed by atoms with Crippen LogP contribution in [0.2, 0.25) is 5.02 Å². The van der Waals surface area contributed by atoms with Crippen LogP contribution >= 0.6 is 11.6 Å². The van der Waals surface area contributed by atoms with Gasteiger partial charge in [-0.05, 0) is 62.1 Å². The summed E-state index contributed by atoms with van der Waals surface area (Å²) in [6.07, 6.45) is 0. The Labute approximate surface area is 177 Å². The molecule has 6 nitrogen and oxygen atoms in total. The molecule has 1 N–H and O–H groups in total. The molecule has 8 heteroatoms. The van der Waals surface area contributed by atoms with Gasteiger partial charge >= 0.3 is 0 Å². The van der Waals surface area contributed by atoms with Gasteiger partial charge in [-0.3, -0.25) is 4.79 Å². The quantitative estimate of drug-likeness (QED) is 0.780. The summed E-state index contributed by atoms with van der Waals surface area (Å²) in [4.78, 5) is 12.4. The molecule has 1 aliphatic rings. The minimum Gasteiger partial charge on any atom is -0.324 e. The monoisotopic (exact) mass is 435 g/mol. The highest BCUT2D eigenvalue weighted by molar-refractivity contribution is 7.87. The van der Waals surface area contributed by atoms with Crippen molar-refractivity contribution in [1.82, 2.24) is 8.61 Å². The van der Waals surface area contributed by atoms with Crippen LogP contribution in [-0.4, -0.2) is 42.6 Å². The summed E-state index contributed by atoms with van der Waals surface area (Å²) < 4.78 is 28.5. The zero-order valence-corrected chi connectivity index (χ0v) is 18.7. The van der Waals surface area contributed by atoms with E-state index in [4.69, 9.17) is 11.6 Å². The molecule has 1 amide bonds. The number of halogens is 1. The third-order valence-electron chi connectivity index (χ3n) is 5.14. The van der Waals surface area contributed by atoms with Gasteiger partial charge in [0.1, 0.15) is 0 Å². The van der Waals surface area contributed by atoms with Gasteiger partial charge in [-0.25, -0.2) is 0 Å². The summed E-state index contributed by atoms with van der Waals surface area (Å²) in [6.45, 7) is 8.62. The average Bonchev–Trinajstić information content (AvgIpc) is 2.87. The highest BCUT2D eigenvalue weighted by Gasteiger charge is 2.37.